The van der Waals surface area contributed by atoms with Gasteiger partial charge < -0.3 is 24.1 Å². The number of nitrogens with one attached hydrogen (secondary N) is 1. The summed E-state index contributed by atoms with van der Waals surface area (Å²) in [5.74, 6) is -0.686. The zero-order chi connectivity index (χ0) is 30.5. The van der Waals surface area contributed by atoms with Crippen molar-refractivity contribution in [3.8, 4) is 6.07 Å². The maximum absolute atomic E-state index is 13.6. The minimum atomic E-state index is -1.26. The van der Waals surface area contributed by atoms with Gasteiger partial charge in [0.25, 0.3) is 5.91 Å². The molecule has 2 heterocycles. The summed E-state index contributed by atoms with van der Waals surface area (Å²) in [5, 5.41) is 12.5. The summed E-state index contributed by atoms with van der Waals surface area (Å²) in [7, 11) is 0.157. The highest BCUT2D eigenvalue weighted by Gasteiger charge is 2.31. The molecular formula is C32H44N4O5Si. The number of methoxy groups -OCH3 is 1. The van der Waals surface area contributed by atoms with Crippen molar-refractivity contribution >= 4 is 31.2 Å². The standard InChI is InChI=1S/C32H44N4O5Si/c1-32(2)12-9-22(10-13-32)26-17-23(28-18-24(11-14-41-28)31(38)39-3)7-8-27(26)35-30(37)29-34-25(19-33)20-36(29)21-40-15-16-42(4,5)6/h7-9,17,20,24,28H,10-16,18,21H2,1-6H3,(H,35,37). The molecule has 1 aromatic carbocycles. The van der Waals surface area contributed by atoms with Crippen LogP contribution in [0.1, 0.15) is 79.5 Å². The van der Waals surface area contributed by atoms with E-state index in [1.54, 1.807) is 10.8 Å². The van der Waals surface area contributed by atoms with E-state index in [0.717, 1.165) is 36.4 Å². The lowest BCUT2D eigenvalue weighted by molar-refractivity contribution is -0.150. The fraction of sp³-hybridized carbons (Fsp3) is 0.562. The lowest BCUT2D eigenvalue weighted by atomic mass is 9.76. The van der Waals surface area contributed by atoms with Gasteiger partial charge in [0, 0.05) is 38.7 Å². The summed E-state index contributed by atoms with van der Waals surface area (Å²) in [6.07, 6.45) is 7.63. The van der Waals surface area contributed by atoms with Gasteiger partial charge >= 0.3 is 5.97 Å². The zero-order valence-electron chi connectivity index (χ0n) is 25.8. The van der Waals surface area contributed by atoms with Crippen LogP contribution in [0.2, 0.25) is 25.7 Å². The number of anilines is 1. The number of hydrogen-bond donors (Lipinski definition) is 1. The van der Waals surface area contributed by atoms with Crippen molar-refractivity contribution in [3.05, 3.63) is 53.1 Å². The number of amides is 1. The lowest BCUT2D eigenvalue weighted by Gasteiger charge is -2.31. The van der Waals surface area contributed by atoms with E-state index in [0.29, 0.717) is 31.7 Å². The Morgan fingerprint density at radius 1 is 1.29 bits per heavy atom. The third-order valence-electron chi connectivity index (χ3n) is 8.12. The first-order valence-electron chi connectivity index (χ1n) is 14.8. The third-order valence-corrected chi connectivity index (χ3v) is 9.83. The number of nitrogens with zero attached hydrogens (tertiary/aromatic N) is 3. The minimum absolute atomic E-state index is 0.130. The van der Waals surface area contributed by atoms with Crippen molar-refractivity contribution in [2.24, 2.45) is 11.3 Å². The zero-order valence-corrected chi connectivity index (χ0v) is 26.8. The van der Waals surface area contributed by atoms with E-state index in [-0.39, 0.29) is 41.7 Å². The van der Waals surface area contributed by atoms with Gasteiger partial charge in [0.15, 0.2) is 5.69 Å². The molecule has 1 aliphatic heterocycles. The predicted octanol–water partition coefficient (Wildman–Crippen LogP) is 6.55. The van der Waals surface area contributed by atoms with Gasteiger partial charge in [0.1, 0.15) is 12.8 Å². The van der Waals surface area contributed by atoms with E-state index in [1.165, 1.54) is 12.7 Å². The highest BCUT2D eigenvalue weighted by molar-refractivity contribution is 6.76. The number of esters is 1. The average Bonchev–Trinajstić information content (AvgIpc) is 3.38. The molecule has 0 radical (unpaired) electrons. The fourth-order valence-electron chi connectivity index (χ4n) is 5.34. The lowest BCUT2D eigenvalue weighted by Crippen LogP contribution is -2.27. The second kappa shape index (κ2) is 13.4. The van der Waals surface area contributed by atoms with Crippen LogP contribution < -0.4 is 5.32 Å². The number of imidazole rings is 1. The van der Waals surface area contributed by atoms with Gasteiger partial charge in [-0.05, 0) is 66.8 Å². The Labute approximate surface area is 250 Å². The van der Waals surface area contributed by atoms with Crippen molar-refractivity contribution in [1.82, 2.24) is 9.55 Å². The summed E-state index contributed by atoms with van der Waals surface area (Å²) in [6.45, 7) is 12.6. The van der Waals surface area contributed by atoms with Crippen LogP contribution in [0.4, 0.5) is 5.69 Å². The predicted molar refractivity (Wildman–Crippen MR) is 164 cm³/mol. The maximum atomic E-state index is 13.6. The number of aromatic nitrogens is 2. The van der Waals surface area contributed by atoms with Crippen LogP contribution in [-0.4, -0.2) is 49.8 Å². The number of allylic oxidation sites excluding steroid dienone is 2. The molecule has 0 saturated carbocycles. The smallest absolute Gasteiger partial charge is 0.308 e. The van der Waals surface area contributed by atoms with E-state index in [1.807, 2.05) is 18.2 Å². The average molecular weight is 593 g/mol. The largest absolute Gasteiger partial charge is 0.469 e. The maximum Gasteiger partial charge on any atom is 0.308 e. The van der Waals surface area contributed by atoms with Crippen molar-refractivity contribution in [3.63, 3.8) is 0 Å². The van der Waals surface area contributed by atoms with Gasteiger partial charge in [-0.15, -0.1) is 0 Å². The summed E-state index contributed by atoms with van der Waals surface area (Å²) in [6, 6.07) is 8.96. The second-order valence-electron chi connectivity index (χ2n) is 13.3. The van der Waals surface area contributed by atoms with Gasteiger partial charge in [-0.1, -0.05) is 45.6 Å². The van der Waals surface area contributed by atoms with Crippen LogP contribution in [0.15, 0.2) is 30.5 Å². The molecule has 1 saturated heterocycles. The molecule has 9 nitrogen and oxygen atoms in total. The molecule has 2 unspecified atom stereocenters. The number of hydrogen-bond acceptors (Lipinski definition) is 7. The van der Waals surface area contributed by atoms with Gasteiger partial charge in [-0.25, -0.2) is 4.98 Å². The molecule has 2 atom stereocenters. The summed E-state index contributed by atoms with van der Waals surface area (Å²) in [4.78, 5) is 30.1. The van der Waals surface area contributed by atoms with E-state index in [2.05, 4.69) is 55.9 Å². The van der Waals surface area contributed by atoms with E-state index >= 15 is 0 Å². The molecule has 1 N–H and O–H groups in total. The van der Waals surface area contributed by atoms with Crippen molar-refractivity contribution in [2.45, 2.75) is 84.5 Å². The summed E-state index contributed by atoms with van der Waals surface area (Å²) >= 11 is 0. The Morgan fingerprint density at radius 3 is 2.74 bits per heavy atom. The van der Waals surface area contributed by atoms with Gasteiger partial charge in [-0.3, -0.25) is 9.59 Å². The molecule has 2 aromatic rings. The van der Waals surface area contributed by atoms with Crippen molar-refractivity contribution in [1.29, 1.82) is 5.26 Å². The molecular weight excluding hydrogens is 548 g/mol. The Kier molecular flexibility index (Phi) is 10.1. The number of ether oxygens (including phenoxy) is 3. The first-order chi connectivity index (χ1) is 19.9. The van der Waals surface area contributed by atoms with Crippen molar-refractivity contribution in [2.75, 3.05) is 25.6 Å². The molecule has 1 aliphatic carbocycles. The van der Waals surface area contributed by atoms with Crippen molar-refractivity contribution < 1.29 is 23.8 Å². The topological polar surface area (TPSA) is 115 Å². The van der Waals surface area contributed by atoms with Crippen LogP contribution in [0, 0.1) is 22.7 Å². The number of benzene rings is 1. The number of carbonyl (C=O) groups excluding carboxylic acids is 2. The van der Waals surface area contributed by atoms with Crippen LogP contribution in [0.5, 0.6) is 0 Å². The first-order valence-corrected chi connectivity index (χ1v) is 18.5. The molecule has 0 bridgehead atoms. The number of nitriles is 1. The fourth-order valence-corrected chi connectivity index (χ4v) is 6.09. The first kappa shape index (κ1) is 31.7. The molecule has 1 aromatic heterocycles. The molecule has 10 heteroatoms. The molecule has 0 spiro atoms. The molecule has 1 amide bonds. The van der Waals surface area contributed by atoms with E-state index in [9.17, 15) is 14.9 Å². The Balaban J connectivity index is 1.60. The molecule has 42 heavy (non-hydrogen) atoms. The Hall–Kier alpha value is -3.26. The Morgan fingerprint density at radius 2 is 2.07 bits per heavy atom. The van der Waals surface area contributed by atoms with E-state index < -0.39 is 14.0 Å². The highest BCUT2D eigenvalue weighted by Crippen LogP contribution is 2.42. The third kappa shape index (κ3) is 8.18. The summed E-state index contributed by atoms with van der Waals surface area (Å²) < 4.78 is 18.5. The monoisotopic (exact) mass is 592 g/mol. The SMILES string of the molecule is COC(=O)C1CCOC(c2ccc(NC(=O)c3nc(C#N)cn3COCC[Si](C)(C)C)c(C3=CCC(C)(C)CC3)c2)C1. The van der Waals surface area contributed by atoms with Gasteiger partial charge in [0.05, 0.1) is 19.1 Å². The highest BCUT2D eigenvalue weighted by atomic mass is 28.3. The number of carbonyl (C=O) groups is 2. The Bertz CT molecular complexity index is 1370. The summed E-state index contributed by atoms with van der Waals surface area (Å²) in [5.41, 5.74) is 4.12. The molecule has 4 rings (SSSR count). The van der Waals surface area contributed by atoms with Gasteiger partial charge in [0.2, 0.25) is 5.82 Å². The van der Waals surface area contributed by atoms with Crippen LogP contribution in [-0.2, 0) is 25.7 Å². The minimum Gasteiger partial charge on any atom is -0.469 e. The normalized spacial score (nSPS) is 20.4. The van der Waals surface area contributed by atoms with Gasteiger partial charge in [-0.2, -0.15) is 5.26 Å². The van der Waals surface area contributed by atoms with Crippen LogP contribution >= 0.6 is 0 Å². The van der Waals surface area contributed by atoms with Crippen LogP contribution in [0.25, 0.3) is 5.57 Å². The molecule has 226 valence electrons. The molecule has 1 fully saturated rings. The molecule has 2 aliphatic rings. The number of rotatable bonds is 10. The second-order valence-corrected chi connectivity index (χ2v) is 19.0. The van der Waals surface area contributed by atoms with E-state index in [4.69, 9.17) is 14.2 Å². The van der Waals surface area contributed by atoms with Crippen LogP contribution in [0.3, 0.4) is 0 Å². The quantitative estimate of drug-likeness (QED) is 0.189.